The number of halogens is 2. The molecule has 0 atom stereocenters. The van der Waals surface area contributed by atoms with Gasteiger partial charge < -0.3 is 26.4 Å². The molecule has 2 saturated carbocycles. The minimum atomic E-state index is -0.983. The average molecular weight is 749 g/mol. The number of rotatable bonds is 7. The molecule has 0 unspecified atom stereocenters. The molecule has 1 amide bonds. The second kappa shape index (κ2) is 21.5. The highest BCUT2D eigenvalue weighted by molar-refractivity contribution is 5.94. The van der Waals surface area contributed by atoms with Crippen LogP contribution in [0.1, 0.15) is 107 Å². The zero-order chi connectivity index (χ0) is 39.5. The van der Waals surface area contributed by atoms with Crippen molar-refractivity contribution in [3.8, 4) is 23.7 Å². The van der Waals surface area contributed by atoms with E-state index in [0.29, 0.717) is 40.9 Å². The molecule has 6 N–H and O–H groups in total. The maximum atomic E-state index is 13.6. The molecule has 6 rings (SSSR count). The number of hydrogen-bond donors (Lipinski definition) is 5. The second-order valence-electron chi connectivity index (χ2n) is 14.2. The number of carbonyl (C=O) groups is 2. The van der Waals surface area contributed by atoms with Gasteiger partial charge in [-0.15, -0.1) is 0 Å². The van der Waals surface area contributed by atoms with Crippen molar-refractivity contribution >= 4 is 11.9 Å². The van der Waals surface area contributed by atoms with Crippen LogP contribution in [0.3, 0.4) is 0 Å². The number of benzene rings is 4. The summed E-state index contributed by atoms with van der Waals surface area (Å²) in [7, 11) is 0. The van der Waals surface area contributed by atoms with E-state index in [0.717, 1.165) is 38.5 Å². The van der Waals surface area contributed by atoms with E-state index in [-0.39, 0.29) is 47.1 Å². The van der Waals surface area contributed by atoms with Gasteiger partial charge >= 0.3 is 5.97 Å². The number of aliphatic hydroxyl groups excluding tert-OH is 2. The number of nitrogens with one attached hydrogen (secondary N) is 1. The number of carboxylic acid groups (broad SMARTS) is 1. The van der Waals surface area contributed by atoms with Crippen molar-refractivity contribution in [3.05, 3.63) is 142 Å². The van der Waals surface area contributed by atoms with Crippen molar-refractivity contribution in [1.29, 1.82) is 0 Å². The van der Waals surface area contributed by atoms with Gasteiger partial charge in [0.05, 0.1) is 23.3 Å². The third-order valence-electron chi connectivity index (χ3n) is 10.3. The fourth-order valence-corrected chi connectivity index (χ4v) is 6.60. The number of amides is 1. The van der Waals surface area contributed by atoms with Crippen LogP contribution in [0.4, 0.5) is 8.78 Å². The predicted octanol–water partition coefficient (Wildman–Crippen LogP) is 7.71. The van der Waals surface area contributed by atoms with Crippen LogP contribution in [-0.2, 0) is 0 Å². The molecule has 4 aromatic rings. The summed E-state index contributed by atoms with van der Waals surface area (Å²) in [4.78, 5) is 23.1. The zero-order valence-corrected chi connectivity index (χ0v) is 31.1. The number of hydrogen-bond acceptors (Lipinski definition) is 5. The van der Waals surface area contributed by atoms with E-state index in [1.54, 1.807) is 72.8 Å². The van der Waals surface area contributed by atoms with Crippen molar-refractivity contribution in [3.63, 3.8) is 0 Å². The number of carbonyl (C=O) groups excluding carboxylic acids is 1. The van der Waals surface area contributed by atoms with Gasteiger partial charge in [-0.05, 0) is 98.5 Å². The lowest BCUT2D eigenvalue weighted by Gasteiger charge is -2.35. The number of aromatic carboxylic acids is 1. The van der Waals surface area contributed by atoms with Crippen molar-refractivity contribution < 1.29 is 33.7 Å². The molecule has 4 aromatic carbocycles. The number of nitrogens with two attached hydrogens (primary N) is 1. The Morgan fingerprint density at radius 2 is 1.02 bits per heavy atom. The third kappa shape index (κ3) is 13.2. The molecule has 9 heteroatoms. The minimum absolute atomic E-state index is 0.0955. The number of aliphatic hydroxyl groups is 2. The lowest BCUT2D eigenvalue weighted by atomic mass is 9.74. The Morgan fingerprint density at radius 3 is 1.40 bits per heavy atom. The van der Waals surface area contributed by atoms with E-state index < -0.39 is 5.97 Å². The SMILES string of the molecule is NCC1(CO)CCCCC1.O=C(NCC1(CO)CCCCC1)c1ccc(C#Cc2ccccc2F)cc1.O=C(O)c1ccc(C#Cc2ccccc2F)cc1. The van der Waals surface area contributed by atoms with Gasteiger partial charge in [0.2, 0.25) is 0 Å². The fourth-order valence-electron chi connectivity index (χ4n) is 6.60. The van der Waals surface area contributed by atoms with Crippen LogP contribution in [0.5, 0.6) is 0 Å². The molecule has 2 aliphatic rings. The van der Waals surface area contributed by atoms with Gasteiger partial charge in [0.25, 0.3) is 5.91 Å². The molecule has 0 aliphatic heterocycles. The van der Waals surface area contributed by atoms with Crippen molar-refractivity contribution in [2.24, 2.45) is 16.6 Å². The quantitative estimate of drug-likeness (QED) is 0.123. The van der Waals surface area contributed by atoms with Crippen LogP contribution >= 0.6 is 0 Å². The Morgan fingerprint density at radius 1 is 0.600 bits per heavy atom. The van der Waals surface area contributed by atoms with Crippen molar-refractivity contribution in [1.82, 2.24) is 5.32 Å². The highest BCUT2D eigenvalue weighted by Gasteiger charge is 2.32. The summed E-state index contributed by atoms with van der Waals surface area (Å²) in [5.74, 6) is 9.36. The van der Waals surface area contributed by atoms with Gasteiger partial charge in [0.15, 0.2) is 0 Å². The summed E-state index contributed by atoms with van der Waals surface area (Å²) in [6.45, 7) is 1.54. The highest BCUT2D eigenvalue weighted by atomic mass is 19.1. The molecule has 0 spiro atoms. The largest absolute Gasteiger partial charge is 0.478 e. The number of carboxylic acids is 1. The Balaban J connectivity index is 0.000000205. The van der Waals surface area contributed by atoms with Crippen LogP contribution in [-0.4, -0.2) is 53.5 Å². The molecule has 2 aliphatic carbocycles. The first-order valence-corrected chi connectivity index (χ1v) is 18.8. The average Bonchev–Trinajstić information content (AvgIpc) is 3.23. The lowest BCUT2D eigenvalue weighted by Crippen LogP contribution is -2.41. The van der Waals surface area contributed by atoms with Gasteiger partial charge in [0, 0.05) is 47.2 Å². The molecular formula is C46H50F2N2O5. The molecule has 7 nitrogen and oxygen atoms in total. The molecule has 0 saturated heterocycles. The van der Waals surface area contributed by atoms with E-state index in [2.05, 4.69) is 29.0 Å². The maximum absolute atomic E-state index is 13.6. The smallest absolute Gasteiger partial charge is 0.335 e. The van der Waals surface area contributed by atoms with E-state index in [1.165, 1.54) is 49.9 Å². The molecular weight excluding hydrogens is 699 g/mol. The van der Waals surface area contributed by atoms with Crippen LogP contribution in [0.2, 0.25) is 0 Å². The maximum Gasteiger partial charge on any atom is 0.335 e. The Labute approximate surface area is 323 Å². The summed E-state index contributed by atoms with van der Waals surface area (Å²) < 4.78 is 26.9. The molecule has 288 valence electrons. The first-order chi connectivity index (χ1) is 26.6. The van der Waals surface area contributed by atoms with Crippen molar-refractivity contribution in [2.45, 2.75) is 64.2 Å². The van der Waals surface area contributed by atoms with Gasteiger partial charge in [-0.2, -0.15) is 0 Å². The van der Waals surface area contributed by atoms with E-state index in [4.69, 9.17) is 15.9 Å². The molecule has 0 heterocycles. The second-order valence-corrected chi connectivity index (χ2v) is 14.2. The fraction of sp³-hybridized carbons (Fsp3) is 0.348. The first kappa shape index (κ1) is 42.4. The zero-order valence-electron chi connectivity index (χ0n) is 31.1. The molecule has 0 bridgehead atoms. The van der Waals surface area contributed by atoms with E-state index in [9.17, 15) is 23.5 Å². The molecule has 0 aromatic heterocycles. The van der Waals surface area contributed by atoms with Gasteiger partial charge in [-0.3, -0.25) is 4.79 Å². The third-order valence-corrected chi connectivity index (χ3v) is 10.3. The Kier molecular flexibility index (Phi) is 16.6. The lowest BCUT2D eigenvalue weighted by molar-refractivity contribution is 0.0694. The summed E-state index contributed by atoms with van der Waals surface area (Å²) >= 11 is 0. The van der Waals surface area contributed by atoms with Crippen LogP contribution in [0, 0.1) is 46.1 Å². The van der Waals surface area contributed by atoms with E-state index in [1.807, 2.05) is 0 Å². The minimum Gasteiger partial charge on any atom is -0.478 e. The summed E-state index contributed by atoms with van der Waals surface area (Å²) in [6.07, 6.45) is 11.4. The summed E-state index contributed by atoms with van der Waals surface area (Å²) in [6, 6.07) is 25.7. The molecule has 2 fully saturated rings. The van der Waals surface area contributed by atoms with Crippen LogP contribution in [0.15, 0.2) is 97.1 Å². The summed E-state index contributed by atoms with van der Waals surface area (Å²) in [5, 5.41) is 30.5. The highest BCUT2D eigenvalue weighted by Crippen LogP contribution is 2.35. The van der Waals surface area contributed by atoms with Gasteiger partial charge in [0.1, 0.15) is 11.6 Å². The first-order valence-electron chi connectivity index (χ1n) is 18.8. The monoisotopic (exact) mass is 748 g/mol. The van der Waals surface area contributed by atoms with E-state index >= 15 is 0 Å². The van der Waals surface area contributed by atoms with Gasteiger partial charge in [-0.1, -0.05) is 86.5 Å². The topological polar surface area (TPSA) is 133 Å². The summed E-state index contributed by atoms with van der Waals surface area (Å²) in [5.41, 5.74) is 8.28. The van der Waals surface area contributed by atoms with Crippen LogP contribution in [0.25, 0.3) is 0 Å². The van der Waals surface area contributed by atoms with Crippen molar-refractivity contribution in [2.75, 3.05) is 26.3 Å². The van der Waals surface area contributed by atoms with Gasteiger partial charge in [-0.25, -0.2) is 13.6 Å². The normalized spacial score (nSPS) is 15.1. The predicted molar refractivity (Wildman–Crippen MR) is 211 cm³/mol. The Hall–Kier alpha value is -5.32. The molecule has 0 radical (unpaired) electrons. The van der Waals surface area contributed by atoms with Crippen LogP contribution < -0.4 is 11.1 Å². The standard InChI is InChI=1S/C23H24FNO2.C15H9FO2.C8H17NO/c24-21-7-3-2-6-19(21)11-8-18-9-12-20(13-10-18)22(27)25-16-23(17-26)14-4-1-5-15-23;16-14-4-2-1-3-12(14)8-5-11-6-9-13(10-7-11)15(17)18;9-6-8(7-10)4-2-1-3-5-8/h2-3,6-7,9-10,12-13,26H,1,4-5,14-17H2,(H,25,27);1-4,6-7,9-10H,(H,17,18);10H,1-7,9H2. The molecule has 55 heavy (non-hydrogen) atoms. The Bertz CT molecular complexity index is 1960.